The van der Waals surface area contributed by atoms with E-state index in [-0.39, 0.29) is 12.3 Å². The van der Waals surface area contributed by atoms with Crippen molar-refractivity contribution in [1.29, 1.82) is 0 Å². The van der Waals surface area contributed by atoms with Gasteiger partial charge in [-0.2, -0.15) is 11.8 Å². The highest BCUT2D eigenvalue weighted by molar-refractivity contribution is 7.98. The molecular weight excluding hydrogens is 470 g/mol. The third-order valence-electron chi connectivity index (χ3n) is 5.68. The van der Waals surface area contributed by atoms with Crippen LogP contribution in [0.1, 0.15) is 32.8 Å². The molecular formula is C24H35N5O5S. The summed E-state index contributed by atoms with van der Waals surface area (Å²) in [7, 11) is 0. The number of aromatic nitrogens is 1. The molecule has 2 aromatic rings. The summed E-state index contributed by atoms with van der Waals surface area (Å²) in [5.74, 6) is -2.44. The number of nitrogens with one attached hydrogen (secondary N) is 4. The summed E-state index contributed by atoms with van der Waals surface area (Å²) >= 11 is 1.57. The fourth-order valence-corrected chi connectivity index (χ4v) is 4.03. The van der Waals surface area contributed by atoms with Crippen LogP contribution in [0, 0.1) is 5.92 Å². The molecule has 192 valence electrons. The molecule has 10 nitrogen and oxygen atoms in total. The summed E-state index contributed by atoms with van der Waals surface area (Å²) in [6.45, 7) is 4.82. The summed E-state index contributed by atoms with van der Waals surface area (Å²) in [6.07, 6.45) is 4.33. The predicted molar refractivity (Wildman–Crippen MR) is 137 cm³/mol. The number of rotatable bonds is 13. The zero-order chi connectivity index (χ0) is 26.1. The number of nitrogens with two attached hydrogens (primary N) is 1. The number of para-hydroxylation sites is 1. The Morgan fingerprint density at radius 1 is 1.03 bits per heavy atom. The molecule has 4 atom stereocenters. The number of hydrogen-bond donors (Lipinski definition) is 6. The Labute approximate surface area is 209 Å². The predicted octanol–water partition coefficient (Wildman–Crippen LogP) is 1.01. The van der Waals surface area contributed by atoms with Crippen molar-refractivity contribution < 1.29 is 24.3 Å². The molecule has 0 radical (unpaired) electrons. The van der Waals surface area contributed by atoms with Gasteiger partial charge in [-0.25, -0.2) is 0 Å². The highest BCUT2D eigenvalue weighted by Crippen LogP contribution is 2.19. The minimum absolute atomic E-state index is 0.175. The van der Waals surface area contributed by atoms with Crippen LogP contribution in [0.25, 0.3) is 10.9 Å². The normalized spacial score (nSPS) is 14.7. The van der Waals surface area contributed by atoms with Crippen molar-refractivity contribution in [3.05, 3.63) is 36.0 Å². The van der Waals surface area contributed by atoms with E-state index >= 15 is 0 Å². The largest absolute Gasteiger partial charge is 0.480 e. The molecule has 7 N–H and O–H groups in total. The lowest BCUT2D eigenvalue weighted by Crippen LogP contribution is -2.58. The molecule has 0 bridgehead atoms. The maximum atomic E-state index is 13.3. The molecule has 4 unspecified atom stereocenters. The van der Waals surface area contributed by atoms with Gasteiger partial charge in [-0.15, -0.1) is 0 Å². The van der Waals surface area contributed by atoms with Crippen LogP contribution in [0.2, 0.25) is 0 Å². The molecule has 0 aliphatic rings. The van der Waals surface area contributed by atoms with Gasteiger partial charge in [0.15, 0.2) is 0 Å². The van der Waals surface area contributed by atoms with Crippen molar-refractivity contribution in [3.8, 4) is 0 Å². The Balaban J connectivity index is 2.25. The number of thioether (sulfide) groups is 1. The second kappa shape index (κ2) is 13.1. The highest BCUT2D eigenvalue weighted by Gasteiger charge is 2.31. The number of carbonyl (C=O) groups is 4. The maximum absolute atomic E-state index is 13.3. The molecule has 35 heavy (non-hydrogen) atoms. The molecule has 0 spiro atoms. The van der Waals surface area contributed by atoms with Crippen molar-refractivity contribution >= 4 is 46.4 Å². The number of aromatic amines is 1. The topological polar surface area (TPSA) is 166 Å². The maximum Gasteiger partial charge on any atom is 0.325 e. The van der Waals surface area contributed by atoms with Gasteiger partial charge in [0.05, 0.1) is 6.04 Å². The first-order chi connectivity index (χ1) is 16.5. The van der Waals surface area contributed by atoms with E-state index in [2.05, 4.69) is 20.9 Å². The van der Waals surface area contributed by atoms with E-state index < -0.39 is 47.9 Å². The van der Waals surface area contributed by atoms with E-state index in [0.29, 0.717) is 12.2 Å². The Kier molecular flexibility index (Phi) is 10.6. The van der Waals surface area contributed by atoms with E-state index in [0.717, 1.165) is 16.5 Å². The lowest BCUT2D eigenvalue weighted by molar-refractivity contribution is -0.142. The quantitative estimate of drug-likeness (QED) is 0.236. The van der Waals surface area contributed by atoms with Crippen molar-refractivity contribution in [1.82, 2.24) is 20.9 Å². The highest BCUT2D eigenvalue weighted by atomic mass is 32.2. The van der Waals surface area contributed by atoms with Gasteiger partial charge in [-0.1, -0.05) is 32.0 Å². The van der Waals surface area contributed by atoms with Gasteiger partial charge >= 0.3 is 5.97 Å². The molecule has 1 aromatic carbocycles. The average molecular weight is 506 g/mol. The fraction of sp³-hybridized carbons (Fsp3) is 0.500. The summed E-state index contributed by atoms with van der Waals surface area (Å²) in [4.78, 5) is 53.1. The van der Waals surface area contributed by atoms with Crippen molar-refractivity contribution in [2.75, 3.05) is 12.0 Å². The van der Waals surface area contributed by atoms with Gasteiger partial charge in [-0.3, -0.25) is 19.2 Å². The van der Waals surface area contributed by atoms with Crippen LogP contribution >= 0.6 is 11.8 Å². The van der Waals surface area contributed by atoms with Crippen molar-refractivity contribution in [2.45, 2.75) is 57.8 Å². The molecule has 1 heterocycles. The number of carbonyl (C=O) groups excluding carboxylic acids is 3. The standard InChI is InChI=1S/C24H35N5O5S/c1-13(2)20(23(32)27-14(3)24(33)34)29-22(31)19(28-21(30)17(25)9-10-35-4)11-15-12-26-18-8-6-5-7-16(15)18/h5-8,12-14,17,19-20,26H,9-11,25H2,1-4H3,(H,27,32)(H,28,30)(H,29,31)(H,33,34). The van der Waals surface area contributed by atoms with E-state index in [9.17, 15) is 19.2 Å². The lowest BCUT2D eigenvalue weighted by atomic mass is 10.00. The Bertz CT molecular complexity index is 1040. The number of amides is 3. The molecule has 0 aliphatic heterocycles. The summed E-state index contributed by atoms with van der Waals surface area (Å²) in [5.41, 5.74) is 7.73. The van der Waals surface area contributed by atoms with Crippen LogP contribution in [0.5, 0.6) is 0 Å². The molecule has 0 aliphatic carbocycles. The number of aliphatic carboxylic acids is 1. The minimum Gasteiger partial charge on any atom is -0.480 e. The van der Waals surface area contributed by atoms with Gasteiger partial charge in [0.2, 0.25) is 17.7 Å². The molecule has 1 aromatic heterocycles. The summed E-state index contributed by atoms with van der Waals surface area (Å²) < 4.78 is 0. The van der Waals surface area contributed by atoms with Gasteiger partial charge in [0.25, 0.3) is 0 Å². The number of carboxylic acids is 1. The third-order valence-corrected chi connectivity index (χ3v) is 6.32. The molecule has 2 rings (SSSR count). The Hall–Kier alpha value is -3.05. The molecule has 0 saturated heterocycles. The van der Waals surface area contributed by atoms with E-state index in [1.807, 2.05) is 30.5 Å². The smallest absolute Gasteiger partial charge is 0.325 e. The number of benzene rings is 1. The van der Waals surface area contributed by atoms with Crippen LogP contribution in [-0.4, -0.2) is 70.0 Å². The van der Waals surface area contributed by atoms with Gasteiger partial charge in [-0.05, 0) is 42.9 Å². The zero-order valence-electron chi connectivity index (χ0n) is 20.5. The first-order valence-electron chi connectivity index (χ1n) is 11.5. The van der Waals surface area contributed by atoms with Gasteiger partial charge in [0, 0.05) is 23.5 Å². The van der Waals surface area contributed by atoms with E-state index in [1.165, 1.54) is 6.92 Å². The Morgan fingerprint density at radius 2 is 1.71 bits per heavy atom. The molecule has 0 saturated carbocycles. The fourth-order valence-electron chi connectivity index (χ4n) is 3.54. The lowest BCUT2D eigenvalue weighted by Gasteiger charge is -2.26. The second-order valence-corrected chi connectivity index (χ2v) is 9.80. The molecule has 11 heteroatoms. The van der Waals surface area contributed by atoms with Gasteiger partial charge in [0.1, 0.15) is 18.1 Å². The number of carboxylic acid groups (broad SMARTS) is 1. The van der Waals surface area contributed by atoms with Crippen LogP contribution in [0.4, 0.5) is 0 Å². The molecule has 3 amide bonds. The van der Waals surface area contributed by atoms with Crippen LogP contribution < -0.4 is 21.7 Å². The number of hydrogen-bond acceptors (Lipinski definition) is 6. The first-order valence-corrected chi connectivity index (χ1v) is 12.9. The summed E-state index contributed by atoms with van der Waals surface area (Å²) in [5, 5.41) is 17.8. The third kappa shape index (κ3) is 8.00. The van der Waals surface area contributed by atoms with Crippen molar-refractivity contribution in [2.24, 2.45) is 11.7 Å². The minimum atomic E-state index is -1.18. The zero-order valence-corrected chi connectivity index (χ0v) is 21.3. The van der Waals surface area contributed by atoms with E-state index in [1.54, 1.807) is 31.8 Å². The van der Waals surface area contributed by atoms with Crippen LogP contribution in [-0.2, 0) is 25.6 Å². The monoisotopic (exact) mass is 505 g/mol. The second-order valence-electron chi connectivity index (χ2n) is 8.81. The van der Waals surface area contributed by atoms with Crippen molar-refractivity contribution in [3.63, 3.8) is 0 Å². The van der Waals surface area contributed by atoms with E-state index in [4.69, 9.17) is 10.8 Å². The average Bonchev–Trinajstić information content (AvgIpc) is 3.22. The first kappa shape index (κ1) is 28.2. The van der Waals surface area contributed by atoms with Crippen LogP contribution in [0.3, 0.4) is 0 Å². The SMILES string of the molecule is CSCCC(N)C(=O)NC(Cc1c[nH]c2ccccc12)C(=O)NC(C(=O)NC(C)C(=O)O)C(C)C. The number of fused-ring (bicyclic) bond motifs is 1. The summed E-state index contributed by atoms with van der Waals surface area (Å²) in [6, 6.07) is 3.73. The molecule has 0 fully saturated rings. The van der Waals surface area contributed by atoms with Gasteiger partial charge < -0.3 is 31.8 Å². The number of H-pyrrole nitrogens is 1. The Morgan fingerprint density at radius 3 is 2.34 bits per heavy atom. The van der Waals surface area contributed by atoms with Crippen LogP contribution in [0.15, 0.2) is 30.5 Å².